The number of rotatable bonds is 3. The van der Waals surface area contributed by atoms with Crippen molar-refractivity contribution in [2.24, 2.45) is 5.92 Å². The highest BCUT2D eigenvalue weighted by Crippen LogP contribution is 2.21. The van der Waals surface area contributed by atoms with Crippen LogP contribution in [-0.4, -0.2) is 24.1 Å². The van der Waals surface area contributed by atoms with Crippen LogP contribution in [0, 0.1) is 5.92 Å². The van der Waals surface area contributed by atoms with E-state index in [4.69, 9.17) is 0 Å². The Bertz CT molecular complexity index is 257. The number of carbonyl (C=O) groups excluding carboxylic acids is 3. The second-order valence-corrected chi connectivity index (χ2v) is 3.35. The quantitative estimate of drug-likeness (QED) is 0.383. The molecule has 0 bridgehead atoms. The molecule has 0 aromatic heterocycles. The highest BCUT2D eigenvalue weighted by atomic mass is 16.5. The number of esters is 1. The molecule has 0 heterocycles. The molecule has 0 aromatic carbocycles. The second-order valence-electron chi connectivity index (χ2n) is 3.35. The summed E-state index contributed by atoms with van der Waals surface area (Å²) in [6, 6.07) is 0. The number of hydrogen-bond donors (Lipinski definition) is 0. The van der Waals surface area contributed by atoms with Gasteiger partial charge in [0.05, 0.1) is 12.5 Å². The molecule has 0 radical (unpaired) electrons. The summed E-state index contributed by atoms with van der Waals surface area (Å²) in [7, 11) is 0. The van der Waals surface area contributed by atoms with Gasteiger partial charge in [0.25, 0.3) is 0 Å². The predicted octanol–water partition coefficient (Wildman–Crippen LogP) is 0.878. The maximum absolute atomic E-state index is 11.4. The first kappa shape index (κ1) is 10.9. The van der Waals surface area contributed by atoms with E-state index >= 15 is 0 Å². The van der Waals surface area contributed by atoms with Crippen LogP contribution in [0.4, 0.5) is 0 Å². The van der Waals surface area contributed by atoms with Crippen LogP contribution in [-0.2, 0) is 19.1 Å². The van der Waals surface area contributed by atoms with Crippen LogP contribution in [0.1, 0.15) is 32.6 Å². The van der Waals surface area contributed by atoms with E-state index in [0.717, 1.165) is 12.8 Å². The molecule has 1 rings (SSSR count). The van der Waals surface area contributed by atoms with Crippen molar-refractivity contribution in [2.45, 2.75) is 32.6 Å². The number of ether oxygens (including phenoxy) is 1. The van der Waals surface area contributed by atoms with Crippen molar-refractivity contribution in [1.82, 2.24) is 0 Å². The summed E-state index contributed by atoms with van der Waals surface area (Å²) in [5.41, 5.74) is 0. The van der Waals surface area contributed by atoms with Crippen LogP contribution in [0.5, 0.6) is 0 Å². The fraction of sp³-hybridized carbons (Fsp3) is 0.700. The summed E-state index contributed by atoms with van der Waals surface area (Å²) < 4.78 is 4.56. The van der Waals surface area contributed by atoms with Gasteiger partial charge >= 0.3 is 5.97 Å². The molecule has 0 N–H and O–H groups in total. The van der Waals surface area contributed by atoms with Crippen LogP contribution in [0.2, 0.25) is 0 Å². The normalized spacial score (nSPS) is 21.8. The topological polar surface area (TPSA) is 60.4 Å². The zero-order valence-electron chi connectivity index (χ0n) is 8.25. The average molecular weight is 198 g/mol. The van der Waals surface area contributed by atoms with Crippen molar-refractivity contribution in [3.8, 4) is 0 Å². The van der Waals surface area contributed by atoms with E-state index in [2.05, 4.69) is 4.74 Å². The molecule has 78 valence electrons. The van der Waals surface area contributed by atoms with E-state index < -0.39 is 17.7 Å². The first-order valence-corrected chi connectivity index (χ1v) is 4.90. The molecular weight excluding hydrogens is 184 g/mol. The molecule has 1 atom stereocenters. The Hall–Kier alpha value is -1.19. The minimum atomic E-state index is -0.868. The van der Waals surface area contributed by atoms with E-state index in [9.17, 15) is 14.4 Å². The molecule has 1 fully saturated rings. The van der Waals surface area contributed by atoms with Crippen molar-refractivity contribution < 1.29 is 19.1 Å². The van der Waals surface area contributed by atoms with Gasteiger partial charge in [0.15, 0.2) is 0 Å². The lowest BCUT2D eigenvalue weighted by atomic mass is 9.85. The van der Waals surface area contributed by atoms with Crippen LogP contribution < -0.4 is 0 Å². The molecule has 0 amide bonds. The van der Waals surface area contributed by atoms with E-state index in [1.165, 1.54) is 0 Å². The third-order valence-corrected chi connectivity index (χ3v) is 2.35. The lowest BCUT2D eigenvalue weighted by molar-refractivity contribution is -0.157. The molecule has 0 aliphatic heterocycles. The number of hydrogen-bond acceptors (Lipinski definition) is 4. The lowest BCUT2D eigenvalue weighted by Gasteiger charge is -2.17. The molecule has 0 saturated heterocycles. The maximum Gasteiger partial charge on any atom is 0.375 e. The van der Waals surface area contributed by atoms with Gasteiger partial charge in [-0.25, -0.2) is 4.79 Å². The molecule has 0 spiro atoms. The van der Waals surface area contributed by atoms with Crippen molar-refractivity contribution in [3.63, 3.8) is 0 Å². The number of carbonyl (C=O) groups is 3. The van der Waals surface area contributed by atoms with Crippen LogP contribution in [0.15, 0.2) is 0 Å². The first-order chi connectivity index (χ1) is 6.66. The zero-order chi connectivity index (χ0) is 10.6. The van der Waals surface area contributed by atoms with Gasteiger partial charge < -0.3 is 4.74 Å². The SMILES string of the molecule is CCOC(=O)C(=O)[C@H]1CCCCC1=O. The maximum atomic E-state index is 11.4. The minimum absolute atomic E-state index is 0.116. The van der Waals surface area contributed by atoms with E-state index in [1.54, 1.807) is 6.92 Å². The lowest BCUT2D eigenvalue weighted by Crippen LogP contribution is -2.33. The Morgan fingerprint density at radius 2 is 2.14 bits per heavy atom. The molecule has 4 nitrogen and oxygen atoms in total. The van der Waals surface area contributed by atoms with E-state index in [0.29, 0.717) is 12.8 Å². The van der Waals surface area contributed by atoms with Gasteiger partial charge in [-0.3, -0.25) is 9.59 Å². The molecule has 0 aromatic rings. The van der Waals surface area contributed by atoms with Crippen molar-refractivity contribution in [2.75, 3.05) is 6.61 Å². The molecule has 1 saturated carbocycles. The highest BCUT2D eigenvalue weighted by Gasteiger charge is 2.33. The summed E-state index contributed by atoms with van der Waals surface area (Å²) in [5.74, 6) is -2.39. The average Bonchev–Trinajstić information content (AvgIpc) is 2.18. The standard InChI is InChI=1S/C10H14O4/c1-2-14-10(13)9(12)7-5-3-4-6-8(7)11/h7H,2-6H2,1H3/t7-/m0/s1. The van der Waals surface area contributed by atoms with Gasteiger partial charge in [-0.1, -0.05) is 6.42 Å². The largest absolute Gasteiger partial charge is 0.460 e. The third-order valence-electron chi connectivity index (χ3n) is 2.35. The fourth-order valence-corrected chi connectivity index (χ4v) is 1.60. The predicted molar refractivity (Wildman–Crippen MR) is 48.6 cm³/mol. The van der Waals surface area contributed by atoms with Crippen molar-refractivity contribution in [3.05, 3.63) is 0 Å². The van der Waals surface area contributed by atoms with Gasteiger partial charge in [0, 0.05) is 6.42 Å². The Labute approximate surface area is 82.6 Å². The Kier molecular flexibility index (Phi) is 3.80. The van der Waals surface area contributed by atoms with Crippen LogP contribution in [0.25, 0.3) is 0 Å². The van der Waals surface area contributed by atoms with Gasteiger partial charge in [-0.05, 0) is 19.8 Å². The van der Waals surface area contributed by atoms with Crippen molar-refractivity contribution in [1.29, 1.82) is 0 Å². The summed E-state index contributed by atoms with van der Waals surface area (Å²) in [5, 5.41) is 0. The summed E-state index contributed by atoms with van der Waals surface area (Å²) in [6.07, 6.45) is 2.57. The molecule has 0 unspecified atom stereocenters. The molecule has 14 heavy (non-hydrogen) atoms. The number of Topliss-reactive ketones (excluding diaryl/α,β-unsaturated/α-hetero) is 2. The number of ketones is 2. The second kappa shape index (κ2) is 4.88. The van der Waals surface area contributed by atoms with Gasteiger partial charge in [-0.15, -0.1) is 0 Å². The van der Waals surface area contributed by atoms with Gasteiger partial charge in [0.2, 0.25) is 5.78 Å². The summed E-state index contributed by atoms with van der Waals surface area (Å²) in [4.78, 5) is 33.8. The zero-order valence-corrected chi connectivity index (χ0v) is 8.25. The van der Waals surface area contributed by atoms with Gasteiger partial charge in [0.1, 0.15) is 5.78 Å². The van der Waals surface area contributed by atoms with Crippen LogP contribution in [0.3, 0.4) is 0 Å². The van der Waals surface area contributed by atoms with E-state index in [1.807, 2.05) is 0 Å². The summed E-state index contributed by atoms with van der Waals surface area (Å²) in [6.45, 7) is 1.80. The molecule has 1 aliphatic carbocycles. The van der Waals surface area contributed by atoms with E-state index in [-0.39, 0.29) is 12.4 Å². The smallest absolute Gasteiger partial charge is 0.375 e. The fourth-order valence-electron chi connectivity index (χ4n) is 1.60. The summed E-state index contributed by atoms with van der Waals surface area (Å²) >= 11 is 0. The highest BCUT2D eigenvalue weighted by molar-refractivity contribution is 6.38. The third kappa shape index (κ3) is 2.40. The molecule has 1 aliphatic rings. The molecular formula is C10H14O4. The van der Waals surface area contributed by atoms with Gasteiger partial charge in [-0.2, -0.15) is 0 Å². The minimum Gasteiger partial charge on any atom is -0.460 e. The van der Waals surface area contributed by atoms with Crippen LogP contribution >= 0.6 is 0 Å². The Morgan fingerprint density at radius 1 is 1.43 bits per heavy atom. The monoisotopic (exact) mass is 198 g/mol. The first-order valence-electron chi connectivity index (χ1n) is 4.90. The molecule has 4 heteroatoms. The Balaban J connectivity index is 2.58. The van der Waals surface area contributed by atoms with Crippen molar-refractivity contribution >= 4 is 17.5 Å². The Morgan fingerprint density at radius 3 is 2.71 bits per heavy atom.